The normalized spacial score (nSPS) is 17.2. The molecule has 1 aliphatic heterocycles. The van der Waals surface area contributed by atoms with E-state index in [1.54, 1.807) is 6.26 Å². The summed E-state index contributed by atoms with van der Waals surface area (Å²) in [5.41, 5.74) is 2.87. The first-order chi connectivity index (χ1) is 12.5. The zero-order valence-electron chi connectivity index (χ0n) is 15.5. The molecule has 138 valence electrons. The topological polar surface area (TPSA) is 62.6 Å². The van der Waals surface area contributed by atoms with Crippen molar-refractivity contribution in [3.63, 3.8) is 0 Å². The summed E-state index contributed by atoms with van der Waals surface area (Å²) in [7, 11) is 0. The lowest BCUT2D eigenvalue weighted by molar-refractivity contribution is -0.126. The summed E-state index contributed by atoms with van der Waals surface area (Å²) in [4.78, 5) is 27.1. The highest BCUT2D eigenvalue weighted by molar-refractivity contribution is 5.95. The van der Waals surface area contributed by atoms with Gasteiger partial charge in [-0.05, 0) is 51.0 Å². The fourth-order valence-electron chi connectivity index (χ4n) is 3.56. The molecule has 1 aromatic carbocycles. The molecule has 1 atom stereocenters. The van der Waals surface area contributed by atoms with Crippen LogP contribution in [0.2, 0.25) is 0 Å². The molecule has 5 heteroatoms. The van der Waals surface area contributed by atoms with Crippen LogP contribution in [-0.2, 0) is 11.2 Å². The maximum atomic E-state index is 12.8. The zero-order valence-corrected chi connectivity index (χ0v) is 15.5. The van der Waals surface area contributed by atoms with Gasteiger partial charge in [-0.2, -0.15) is 0 Å². The number of likely N-dealkylation sites (tertiary alicyclic amines) is 1. The van der Waals surface area contributed by atoms with Gasteiger partial charge in [-0.3, -0.25) is 9.59 Å². The predicted molar refractivity (Wildman–Crippen MR) is 100.0 cm³/mol. The minimum atomic E-state index is -0.143. The molecule has 0 radical (unpaired) electrons. The van der Waals surface area contributed by atoms with Gasteiger partial charge in [0.05, 0.1) is 12.2 Å². The highest BCUT2D eigenvalue weighted by Gasteiger charge is 2.28. The van der Waals surface area contributed by atoms with Gasteiger partial charge in [-0.1, -0.05) is 17.2 Å². The Morgan fingerprint density at radius 1 is 1.23 bits per heavy atom. The van der Waals surface area contributed by atoms with Crippen LogP contribution >= 0.6 is 0 Å². The van der Waals surface area contributed by atoms with Gasteiger partial charge >= 0.3 is 0 Å². The van der Waals surface area contributed by atoms with Crippen LogP contribution in [0.1, 0.15) is 40.1 Å². The maximum absolute atomic E-state index is 12.8. The summed E-state index contributed by atoms with van der Waals surface area (Å²) >= 11 is 0. The van der Waals surface area contributed by atoms with Crippen molar-refractivity contribution < 1.29 is 14.0 Å². The fourth-order valence-corrected chi connectivity index (χ4v) is 3.56. The molecule has 1 aromatic heterocycles. The van der Waals surface area contributed by atoms with E-state index in [0.29, 0.717) is 31.6 Å². The highest BCUT2D eigenvalue weighted by atomic mass is 16.3. The van der Waals surface area contributed by atoms with Crippen molar-refractivity contribution in [2.24, 2.45) is 5.92 Å². The van der Waals surface area contributed by atoms with Crippen LogP contribution < -0.4 is 5.32 Å². The van der Waals surface area contributed by atoms with Crippen molar-refractivity contribution in [2.75, 3.05) is 19.6 Å². The molecule has 3 rings (SSSR count). The van der Waals surface area contributed by atoms with Crippen LogP contribution in [0, 0.1) is 19.8 Å². The van der Waals surface area contributed by atoms with E-state index in [9.17, 15) is 9.59 Å². The van der Waals surface area contributed by atoms with E-state index >= 15 is 0 Å². The van der Waals surface area contributed by atoms with E-state index in [1.165, 1.54) is 0 Å². The van der Waals surface area contributed by atoms with Crippen LogP contribution in [0.25, 0.3) is 0 Å². The van der Waals surface area contributed by atoms with Crippen molar-refractivity contribution in [1.82, 2.24) is 10.2 Å². The van der Waals surface area contributed by atoms with Crippen molar-refractivity contribution in [1.29, 1.82) is 0 Å². The first kappa shape index (κ1) is 18.2. The van der Waals surface area contributed by atoms with Gasteiger partial charge in [-0.15, -0.1) is 0 Å². The van der Waals surface area contributed by atoms with Gasteiger partial charge < -0.3 is 14.6 Å². The maximum Gasteiger partial charge on any atom is 0.253 e. The first-order valence-corrected chi connectivity index (χ1v) is 9.20. The molecule has 0 saturated carbocycles. The number of benzene rings is 1. The minimum Gasteiger partial charge on any atom is -0.469 e. The summed E-state index contributed by atoms with van der Waals surface area (Å²) in [6.07, 6.45) is 3.99. The van der Waals surface area contributed by atoms with Gasteiger partial charge in [0.2, 0.25) is 5.91 Å². The van der Waals surface area contributed by atoms with E-state index in [2.05, 4.69) is 11.4 Å². The Hall–Kier alpha value is -2.56. The molecule has 2 heterocycles. The molecular formula is C21H26N2O3. The van der Waals surface area contributed by atoms with Crippen LogP contribution in [0.15, 0.2) is 41.0 Å². The van der Waals surface area contributed by atoms with Gasteiger partial charge in [0, 0.05) is 31.6 Å². The average Bonchev–Trinajstić information content (AvgIpc) is 3.13. The van der Waals surface area contributed by atoms with Crippen molar-refractivity contribution in [2.45, 2.75) is 33.1 Å². The molecule has 2 aromatic rings. The summed E-state index contributed by atoms with van der Waals surface area (Å²) in [5, 5.41) is 2.97. The SMILES string of the molecule is Cc1cc(C)cc(C(=O)N2CCC[C@H](C(=O)NCCc3ccco3)C2)c1. The third kappa shape index (κ3) is 4.54. The lowest BCUT2D eigenvalue weighted by Crippen LogP contribution is -2.45. The smallest absolute Gasteiger partial charge is 0.253 e. The summed E-state index contributed by atoms with van der Waals surface area (Å²) in [6, 6.07) is 9.64. The van der Waals surface area contributed by atoms with Gasteiger partial charge in [0.15, 0.2) is 0 Å². The monoisotopic (exact) mass is 354 g/mol. The van der Waals surface area contributed by atoms with Crippen LogP contribution in [0.4, 0.5) is 0 Å². The second kappa shape index (κ2) is 8.21. The molecule has 0 spiro atoms. The van der Waals surface area contributed by atoms with Crippen LogP contribution in [0.3, 0.4) is 0 Å². The van der Waals surface area contributed by atoms with E-state index in [0.717, 1.165) is 29.7 Å². The molecule has 5 nitrogen and oxygen atoms in total. The van der Waals surface area contributed by atoms with E-state index in [4.69, 9.17) is 4.42 Å². The molecule has 0 bridgehead atoms. The second-order valence-corrected chi connectivity index (χ2v) is 7.09. The van der Waals surface area contributed by atoms with Gasteiger partial charge in [0.1, 0.15) is 5.76 Å². The molecule has 26 heavy (non-hydrogen) atoms. The third-order valence-electron chi connectivity index (χ3n) is 4.80. The van der Waals surface area contributed by atoms with Gasteiger partial charge in [0.25, 0.3) is 5.91 Å². The number of nitrogens with one attached hydrogen (secondary N) is 1. The number of hydrogen-bond acceptors (Lipinski definition) is 3. The Labute approximate surface area is 154 Å². The lowest BCUT2D eigenvalue weighted by Gasteiger charge is -2.32. The van der Waals surface area contributed by atoms with Crippen molar-refractivity contribution in [3.8, 4) is 0 Å². The predicted octanol–water partition coefficient (Wildman–Crippen LogP) is 3.11. The number of piperidine rings is 1. The molecule has 1 N–H and O–H groups in total. The zero-order chi connectivity index (χ0) is 18.5. The van der Waals surface area contributed by atoms with Crippen LogP contribution in [-0.4, -0.2) is 36.3 Å². The van der Waals surface area contributed by atoms with Gasteiger partial charge in [-0.25, -0.2) is 0 Å². The quantitative estimate of drug-likeness (QED) is 0.897. The fraction of sp³-hybridized carbons (Fsp3) is 0.429. The number of aryl methyl sites for hydroxylation is 2. The summed E-state index contributed by atoms with van der Waals surface area (Å²) < 4.78 is 5.27. The standard InChI is InChI=1S/C21H26N2O3/c1-15-11-16(2)13-18(12-15)21(25)23-9-3-5-17(14-23)20(24)22-8-7-19-6-4-10-26-19/h4,6,10-13,17H,3,5,7-9,14H2,1-2H3,(H,22,24)/t17-/m0/s1. The first-order valence-electron chi connectivity index (χ1n) is 9.20. The van der Waals surface area contributed by atoms with Crippen molar-refractivity contribution in [3.05, 3.63) is 59.0 Å². The summed E-state index contributed by atoms with van der Waals surface area (Å²) in [5.74, 6) is 0.759. The number of carbonyl (C=O) groups excluding carboxylic acids is 2. The number of nitrogens with zero attached hydrogens (tertiary/aromatic N) is 1. The Bertz CT molecular complexity index is 747. The molecule has 2 amide bonds. The largest absolute Gasteiger partial charge is 0.469 e. The number of amides is 2. The average molecular weight is 354 g/mol. The van der Waals surface area contributed by atoms with E-state index < -0.39 is 0 Å². The highest BCUT2D eigenvalue weighted by Crippen LogP contribution is 2.20. The molecule has 1 aliphatic rings. The summed E-state index contributed by atoms with van der Waals surface area (Å²) in [6.45, 7) is 5.73. The number of rotatable bonds is 5. The minimum absolute atomic E-state index is 0.0184. The Morgan fingerprint density at radius 3 is 2.69 bits per heavy atom. The lowest BCUT2D eigenvalue weighted by atomic mass is 9.96. The molecular weight excluding hydrogens is 328 g/mol. The molecule has 0 unspecified atom stereocenters. The van der Waals surface area contributed by atoms with Crippen LogP contribution in [0.5, 0.6) is 0 Å². The third-order valence-corrected chi connectivity index (χ3v) is 4.80. The Kier molecular flexibility index (Phi) is 5.76. The number of hydrogen-bond donors (Lipinski definition) is 1. The Balaban J connectivity index is 1.56. The molecule has 1 saturated heterocycles. The Morgan fingerprint density at radius 2 is 2.00 bits per heavy atom. The second-order valence-electron chi connectivity index (χ2n) is 7.09. The van der Waals surface area contributed by atoms with E-state index in [1.807, 2.05) is 43.0 Å². The number of furan rings is 1. The molecule has 1 fully saturated rings. The van der Waals surface area contributed by atoms with Crippen molar-refractivity contribution >= 4 is 11.8 Å². The van der Waals surface area contributed by atoms with E-state index in [-0.39, 0.29) is 17.7 Å². The number of carbonyl (C=O) groups is 2. The molecule has 0 aliphatic carbocycles.